The topological polar surface area (TPSA) is 41.9 Å². The van der Waals surface area contributed by atoms with Crippen molar-refractivity contribution in [3.8, 4) is 0 Å². The molecule has 0 amide bonds. The normalized spacial score (nSPS) is 19.5. The van der Waals surface area contributed by atoms with Crippen LogP contribution >= 0.6 is 0 Å². The van der Waals surface area contributed by atoms with Crippen molar-refractivity contribution >= 4 is 0 Å². The second-order valence-electron chi connectivity index (χ2n) is 7.46. The Labute approximate surface area is 166 Å². The van der Waals surface area contributed by atoms with Gasteiger partial charge in [0.25, 0.3) is 0 Å². The molecule has 0 saturated carbocycles. The molecule has 0 aromatic heterocycles. The van der Waals surface area contributed by atoms with Crippen molar-refractivity contribution in [1.29, 1.82) is 0 Å². The van der Waals surface area contributed by atoms with Crippen LogP contribution in [0.3, 0.4) is 0 Å². The standard InChI is InChI=1S/C23H30FNO3/c1-18(17-28-23-9-5-6-14-27-23)25(15-19-7-3-2-4-8-19)16-22(26)20-10-12-21(24)13-11-20/h2-4,7-8,10-13,18,22-23,26H,5-6,9,14-17H2,1H3/t18?,22-,23?/m0/s1. The Balaban J connectivity index is 1.63. The molecule has 2 aromatic carbocycles. The Hall–Kier alpha value is -1.79. The number of halogens is 1. The van der Waals surface area contributed by atoms with Gasteiger partial charge in [-0.05, 0) is 49.4 Å². The number of ether oxygens (including phenoxy) is 2. The first kappa shape index (κ1) is 20.9. The third-order valence-corrected chi connectivity index (χ3v) is 5.18. The zero-order valence-electron chi connectivity index (χ0n) is 16.5. The summed E-state index contributed by atoms with van der Waals surface area (Å²) in [5, 5.41) is 10.7. The molecule has 28 heavy (non-hydrogen) atoms. The van der Waals surface area contributed by atoms with E-state index in [1.54, 1.807) is 12.1 Å². The minimum Gasteiger partial charge on any atom is -0.387 e. The van der Waals surface area contributed by atoms with Crippen molar-refractivity contribution in [2.45, 2.75) is 51.2 Å². The maximum Gasteiger partial charge on any atom is 0.157 e. The van der Waals surface area contributed by atoms with Crippen LogP contribution in [-0.2, 0) is 16.0 Å². The van der Waals surface area contributed by atoms with Crippen LogP contribution in [0.2, 0.25) is 0 Å². The fourth-order valence-corrected chi connectivity index (χ4v) is 3.43. The van der Waals surface area contributed by atoms with Gasteiger partial charge in [0.05, 0.1) is 12.7 Å². The lowest BCUT2D eigenvalue weighted by atomic mass is 10.1. The molecule has 1 N–H and O–H groups in total. The molecule has 3 rings (SSSR count). The Morgan fingerprint density at radius 1 is 1.14 bits per heavy atom. The molecule has 4 nitrogen and oxygen atoms in total. The van der Waals surface area contributed by atoms with Gasteiger partial charge in [-0.1, -0.05) is 42.5 Å². The van der Waals surface area contributed by atoms with Crippen LogP contribution in [0.15, 0.2) is 54.6 Å². The van der Waals surface area contributed by atoms with E-state index < -0.39 is 6.10 Å². The molecule has 2 aromatic rings. The smallest absolute Gasteiger partial charge is 0.157 e. The predicted octanol–water partition coefficient (Wildman–Crippen LogP) is 4.29. The van der Waals surface area contributed by atoms with Gasteiger partial charge in [0.15, 0.2) is 6.29 Å². The number of aliphatic hydroxyl groups excluding tert-OH is 1. The van der Waals surface area contributed by atoms with Crippen LogP contribution in [0.4, 0.5) is 4.39 Å². The number of benzene rings is 2. The number of rotatable bonds is 9. The zero-order chi connectivity index (χ0) is 19.8. The van der Waals surface area contributed by atoms with Crippen LogP contribution in [0.1, 0.15) is 43.4 Å². The first-order valence-corrected chi connectivity index (χ1v) is 10.1. The lowest BCUT2D eigenvalue weighted by Gasteiger charge is -2.32. The summed E-state index contributed by atoms with van der Waals surface area (Å²) in [6.45, 7) is 4.54. The molecular formula is C23H30FNO3. The minimum absolute atomic E-state index is 0.0980. The number of hydrogen-bond acceptors (Lipinski definition) is 4. The van der Waals surface area contributed by atoms with Crippen LogP contribution in [0.25, 0.3) is 0 Å². The van der Waals surface area contributed by atoms with E-state index in [-0.39, 0.29) is 18.1 Å². The number of nitrogens with zero attached hydrogens (tertiary/aromatic N) is 1. The molecule has 0 radical (unpaired) electrons. The van der Waals surface area contributed by atoms with Crippen molar-refractivity contribution in [3.63, 3.8) is 0 Å². The van der Waals surface area contributed by atoms with Crippen molar-refractivity contribution in [1.82, 2.24) is 4.90 Å². The summed E-state index contributed by atoms with van der Waals surface area (Å²) in [6.07, 6.45) is 2.34. The Morgan fingerprint density at radius 3 is 2.57 bits per heavy atom. The molecule has 0 bridgehead atoms. The van der Waals surface area contributed by atoms with E-state index in [0.717, 1.165) is 25.9 Å². The lowest BCUT2D eigenvalue weighted by molar-refractivity contribution is -0.170. The molecule has 5 heteroatoms. The van der Waals surface area contributed by atoms with Gasteiger partial charge < -0.3 is 14.6 Å². The van der Waals surface area contributed by atoms with Crippen LogP contribution < -0.4 is 0 Å². The Kier molecular flexibility index (Phi) is 7.98. The number of aliphatic hydroxyl groups is 1. The van der Waals surface area contributed by atoms with Crippen molar-refractivity contribution in [2.75, 3.05) is 19.8 Å². The zero-order valence-corrected chi connectivity index (χ0v) is 16.5. The molecule has 3 atom stereocenters. The fraction of sp³-hybridized carbons (Fsp3) is 0.478. The van der Waals surface area contributed by atoms with Crippen LogP contribution in [0.5, 0.6) is 0 Å². The van der Waals surface area contributed by atoms with Gasteiger partial charge in [-0.2, -0.15) is 0 Å². The SMILES string of the molecule is CC(COC1CCCCO1)N(Cc1ccccc1)C[C@H](O)c1ccc(F)cc1. The van der Waals surface area contributed by atoms with E-state index in [1.807, 2.05) is 18.2 Å². The van der Waals surface area contributed by atoms with Gasteiger partial charge in [-0.25, -0.2) is 4.39 Å². The average Bonchev–Trinajstić information content (AvgIpc) is 2.73. The van der Waals surface area contributed by atoms with Crippen molar-refractivity contribution in [3.05, 3.63) is 71.5 Å². The number of hydrogen-bond donors (Lipinski definition) is 1. The fourth-order valence-electron chi connectivity index (χ4n) is 3.43. The molecule has 1 saturated heterocycles. The van der Waals surface area contributed by atoms with E-state index in [9.17, 15) is 9.50 Å². The van der Waals surface area contributed by atoms with E-state index in [1.165, 1.54) is 17.7 Å². The third kappa shape index (κ3) is 6.38. The van der Waals surface area contributed by atoms with Gasteiger partial charge in [0.1, 0.15) is 5.82 Å². The van der Waals surface area contributed by atoms with Crippen LogP contribution in [-0.4, -0.2) is 42.1 Å². The summed E-state index contributed by atoms with van der Waals surface area (Å²) in [4.78, 5) is 2.20. The van der Waals surface area contributed by atoms with Crippen LogP contribution in [0, 0.1) is 5.82 Å². The minimum atomic E-state index is -0.697. The summed E-state index contributed by atoms with van der Waals surface area (Å²) < 4.78 is 24.8. The quantitative estimate of drug-likeness (QED) is 0.697. The molecule has 1 heterocycles. The maximum absolute atomic E-state index is 13.2. The molecule has 0 spiro atoms. The molecule has 0 aliphatic carbocycles. The van der Waals surface area contributed by atoms with Gasteiger partial charge in [0, 0.05) is 25.7 Å². The maximum atomic E-state index is 13.2. The first-order chi connectivity index (χ1) is 13.6. The molecule has 1 fully saturated rings. The summed E-state index contributed by atoms with van der Waals surface area (Å²) in [7, 11) is 0. The molecule has 1 aliphatic rings. The lowest BCUT2D eigenvalue weighted by Crippen LogP contribution is -2.40. The van der Waals surface area contributed by atoms with Crippen molar-refractivity contribution < 1.29 is 19.0 Å². The second-order valence-corrected chi connectivity index (χ2v) is 7.46. The first-order valence-electron chi connectivity index (χ1n) is 10.1. The summed E-state index contributed by atoms with van der Waals surface area (Å²) in [5.41, 5.74) is 1.89. The molecular weight excluding hydrogens is 357 g/mol. The summed E-state index contributed by atoms with van der Waals surface area (Å²) in [6, 6.07) is 16.3. The van der Waals surface area contributed by atoms with E-state index in [4.69, 9.17) is 9.47 Å². The third-order valence-electron chi connectivity index (χ3n) is 5.18. The van der Waals surface area contributed by atoms with Gasteiger partial charge in [-0.3, -0.25) is 4.90 Å². The highest BCUT2D eigenvalue weighted by atomic mass is 19.1. The molecule has 1 aliphatic heterocycles. The van der Waals surface area contributed by atoms with Gasteiger partial charge >= 0.3 is 0 Å². The highest BCUT2D eigenvalue weighted by molar-refractivity contribution is 5.19. The predicted molar refractivity (Wildman–Crippen MR) is 107 cm³/mol. The van der Waals surface area contributed by atoms with E-state index in [2.05, 4.69) is 24.0 Å². The van der Waals surface area contributed by atoms with Crippen molar-refractivity contribution in [2.24, 2.45) is 0 Å². The van der Waals surface area contributed by atoms with Gasteiger partial charge in [0.2, 0.25) is 0 Å². The summed E-state index contributed by atoms with van der Waals surface area (Å²) in [5.74, 6) is -0.300. The molecule has 152 valence electrons. The highest BCUT2D eigenvalue weighted by Crippen LogP contribution is 2.20. The highest BCUT2D eigenvalue weighted by Gasteiger charge is 2.22. The molecule has 2 unspecified atom stereocenters. The monoisotopic (exact) mass is 387 g/mol. The van der Waals surface area contributed by atoms with E-state index in [0.29, 0.717) is 25.3 Å². The Bertz CT molecular complexity index is 689. The van der Waals surface area contributed by atoms with Gasteiger partial charge in [-0.15, -0.1) is 0 Å². The Morgan fingerprint density at radius 2 is 1.89 bits per heavy atom. The average molecular weight is 387 g/mol. The second kappa shape index (κ2) is 10.7. The summed E-state index contributed by atoms with van der Waals surface area (Å²) >= 11 is 0. The van der Waals surface area contributed by atoms with E-state index >= 15 is 0 Å². The largest absolute Gasteiger partial charge is 0.387 e.